The van der Waals surface area contributed by atoms with Crippen molar-refractivity contribution in [1.82, 2.24) is 10.4 Å². The lowest BCUT2D eigenvalue weighted by atomic mass is 10.1. The standard InChI is InChI=1S/C22H23N3O3S/c1-14-7-5-9-17-19(11-15(2)24-21(14)17)29-13-20(26)25-23-12-16-8-6-10-18(27-3)22(16)28-4/h5-12H,13H2,1-4H3,(H,25,26). The van der Waals surface area contributed by atoms with Crippen LogP contribution < -0.4 is 14.9 Å². The van der Waals surface area contributed by atoms with E-state index in [4.69, 9.17) is 9.47 Å². The quantitative estimate of drug-likeness (QED) is 0.361. The number of aromatic nitrogens is 1. The summed E-state index contributed by atoms with van der Waals surface area (Å²) in [4.78, 5) is 17.9. The topological polar surface area (TPSA) is 72.8 Å². The number of carbonyl (C=O) groups excluding carboxylic acids is 1. The summed E-state index contributed by atoms with van der Waals surface area (Å²) in [5, 5.41) is 5.10. The van der Waals surface area contributed by atoms with Crippen LogP contribution >= 0.6 is 11.8 Å². The summed E-state index contributed by atoms with van der Waals surface area (Å²) >= 11 is 1.47. The summed E-state index contributed by atoms with van der Waals surface area (Å²) in [7, 11) is 3.14. The SMILES string of the molecule is COc1cccc(C=NNC(=O)CSc2cc(C)nc3c(C)cccc23)c1OC. The van der Waals surface area contributed by atoms with E-state index in [2.05, 4.69) is 15.5 Å². The van der Waals surface area contributed by atoms with E-state index in [-0.39, 0.29) is 11.7 Å². The van der Waals surface area contributed by atoms with Crippen LogP contribution in [0.4, 0.5) is 0 Å². The Hall–Kier alpha value is -3.06. The first-order valence-corrected chi connectivity index (χ1v) is 10.0. The Morgan fingerprint density at radius 1 is 1.17 bits per heavy atom. The van der Waals surface area contributed by atoms with Gasteiger partial charge >= 0.3 is 0 Å². The smallest absolute Gasteiger partial charge is 0.250 e. The number of fused-ring (bicyclic) bond motifs is 1. The average molecular weight is 410 g/mol. The molecule has 0 saturated heterocycles. The Morgan fingerprint density at radius 2 is 1.97 bits per heavy atom. The molecule has 0 aliphatic heterocycles. The first-order chi connectivity index (χ1) is 14.0. The largest absolute Gasteiger partial charge is 0.493 e. The molecule has 2 aromatic carbocycles. The lowest BCUT2D eigenvalue weighted by Gasteiger charge is -2.10. The van der Waals surface area contributed by atoms with Crippen LogP contribution in [0.5, 0.6) is 11.5 Å². The number of carbonyl (C=O) groups is 1. The second-order valence-corrected chi connectivity index (χ2v) is 7.41. The van der Waals surface area contributed by atoms with E-state index in [0.717, 1.165) is 27.1 Å². The van der Waals surface area contributed by atoms with Gasteiger partial charge in [-0.2, -0.15) is 5.10 Å². The molecular formula is C22H23N3O3S. The highest BCUT2D eigenvalue weighted by atomic mass is 32.2. The van der Waals surface area contributed by atoms with Crippen LogP contribution in [0.1, 0.15) is 16.8 Å². The number of nitrogens with one attached hydrogen (secondary N) is 1. The number of benzene rings is 2. The molecule has 0 saturated carbocycles. The van der Waals surface area contributed by atoms with Gasteiger partial charge in [0.1, 0.15) is 0 Å². The average Bonchev–Trinajstić information content (AvgIpc) is 2.72. The predicted molar refractivity (Wildman–Crippen MR) is 117 cm³/mol. The van der Waals surface area contributed by atoms with Crippen molar-refractivity contribution in [2.24, 2.45) is 5.10 Å². The van der Waals surface area contributed by atoms with Crippen molar-refractivity contribution in [3.05, 3.63) is 59.3 Å². The minimum Gasteiger partial charge on any atom is -0.493 e. The third-order valence-corrected chi connectivity index (χ3v) is 5.37. The number of hydrazone groups is 1. The molecule has 0 aliphatic rings. The highest BCUT2D eigenvalue weighted by Gasteiger charge is 2.10. The Bertz CT molecular complexity index is 1070. The van der Waals surface area contributed by atoms with Crippen molar-refractivity contribution < 1.29 is 14.3 Å². The first-order valence-electron chi connectivity index (χ1n) is 9.06. The molecule has 7 heteroatoms. The number of hydrogen-bond donors (Lipinski definition) is 1. The van der Waals surface area contributed by atoms with E-state index in [1.54, 1.807) is 26.5 Å². The van der Waals surface area contributed by atoms with Crippen molar-refractivity contribution in [1.29, 1.82) is 0 Å². The monoisotopic (exact) mass is 409 g/mol. The fraction of sp³-hybridized carbons (Fsp3) is 0.227. The van der Waals surface area contributed by atoms with Gasteiger partial charge in [-0.1, -0.05) is 24.3 Å². The number of ether oxygens (including phenoxy) is 2. The molecule has 0 radical (unpaired) electrons. The third kappa shape index (κ3) is 4.86. The number of hydrogen-bond acceptors (Lipinski definition) is 6. The van der Waals surface area contributed by atoms with Gasteiger partial charge in [-0.3, -0.25) is 9.78 Å². The number of methoxy groups -OCH3 is 2. The maximum absolute atomic E-state index is 12.3. The van der Waals surface area contributed by atoms with E-state index < -0.39 is 0 Å². The molecule has 150 valence electrons. The summed E-state index contributed by atoms with van der Waals surface area (Å²) in [6, 6.07) is 13.5. The van der Waals surface area contributed by atoms with Crippen molar-refractivity contribution in [3.63, 3.8) is 0 Å². The summed E-state index contributed by atoms with van der Waals surface area (Å²) in [6.07, 6.45) is 1.54. The Kier molecular flexibility index (Phi) is 6.72. The molecule has 3 aromatic rings. The van der Waals surface area contributed by atoms with E-state index in [9.17, 15) is 4.79 Å². The van der Waals surface area contributed by atoms with Gasteiger partial charge in [0, 0.05) is 21.5 Å². The molecule has 0 unspecified atom stereocenters. The molecule has 29 heavy (non-hydrogen) atoms. The summed E-state index contributed by atoms with van der Waals surface area (Å²) < 4.78 is 10.6. The lowest BCUT2D eigenvalue weighted by Crippen LogP contribution is -2.19. The molecule has 6 nitrogen and oxygen atoms in total. The number of rotatable bonds is 7. The molecule has 1 heterocycles. The lowest BCUT2D eigenvalue weighted by molar-refractivity contribution is -0.118. The van der Waals surface area contributed by atoms with Crippen molar-refractivity contribution in [2.45, 2.75) is 18.7 Å². The zero-order chi connectivity index (χ0) is 20.8. The highest BCUT2D eigenvalue weighted by molar-refractivity contribution is 8.00. The zero-order valence-corrected chi connectivity index (χ0v) is 17.7. The maximum Gasteiger partial charge on any atom is 0.250 e. The molecule has 0 spiro atoms. The Balaban J connectivity index is 1.67. The van der Waals surface area contributed by atoms with Crippen LogP contribution in [0.25, 0.3) is 10.9 Å². The van der Waals surface area contributed by atoms with Gasteiger partial charge < -0.3 is 9.47 Å². The van der Waals surface area contributed by atoms with Crippen molar-refractivity contribution in [2.75, 3.05) is 20.0 Å². The van der Waals surface area contributed by atoms with Crippen LogP contribution in [0.15, 0.2) is 52.5 Å². The number of thioether (sulfide) groups is 1. The van der Waals surface area contributed by atoms with Gasteiger partial charge in [-0.25, -0.2) is 5.43 Å². The normalized spacial score (nSPS) is 11.0. The fourth-order valence-corrected chi connectivity index (χ4v) is 3.89. The minimum atomic E-state index is -0.191. The van der Waals surface area contributed by atoms with Crippen LogP contribution in [0, 0.1) is 13.8 Å². The van der Waals surface area contributed by atoms with Gasteiger partial charge in [-0.05, 0) is 37.6 Å². The number of para-hydroxylation sites is 2. The van der Waals surface area contributed by atoms with E-state index in [1.165, 1.54) is 11.8 Å². The zero-order valence-electron chi connectivity index (χ0n) is 16.9. The number of nitrogens with zero attached hydrogens (tertiary/aromatic N) is 2. The first kappa shape index (κ1) is 20.7. The number of aryl methyl sites for hydroxylation is 2. The van der Waals surface area contributed by atoms with Crippen LogP contribution in [-0.4, -0.2) is 37.1 Å². The molecule has 1 N–H and O–H groups in total. The van der Waals surface area contributed by atoms with Gasteiger partial charge in [0.05, 0.1) is 31.7 Å². The molecule has 1 amide bonds. The molecular weight excluding hydrogens is 386 g/mol. The minimum absolute atomic E-state index is 0.191. The van der Waals surface area contributed by atoms with Crippen molar-refractivity contribution in [3.8, 4) is 11.5 Å². The van der Waals surface area contributed by atoms with Gasteiger partial charge in [0.2, 0.25) is 5.91 Å². The molecule has 0 bridgehead atoms. The van der Waals surface area contributed by atoms with Crippen LogP contribution in [0.3, 0.4) is 0 Å². The van der Waals surface area contributed by atoms with Gasteiger partial charge in [0.25, 0.3) is 0 Å². The molecule has 0 fully saturated rings. The number of pyridine rings is 1. The second-order valence-electron chi connectivity index (χ2n) is 6.40. The van der Waals surface area contributed by atoms with Crippen molar-refractivity contribution >= 4 is 34.8 Å². The van der Waals surface area contributed by atoms with Crippen LogP contribution in [-0.2, 0) is 4.79 Å². The molecule has 1 aromatic heterocycles. The van der Waals surface area contributed by atoms with E-state index in [1.807, 2.05) is 50.2 Å². The summed E-state index contributed by atoms with van der Waals surface area (Å²) in [5.41, 5.74) is 6.30. The number of amides is 1. The van der Waals surface area contributed by atoms with Gasteiger partial charge in [0.15, 0.2) is 11.5 Å². The summed E-state index contributed by atoms with van der Waals surface area (Å²) in [5.74, 6) is 1.23. The summed E-state index contributed by atoms with van der Waals surface area (Å²) in [6.45, 7) is 4.00. The van der Waals surface area contributed by atoms with Gasteiger partial charge in [-0.15, -0.1) is 11.8 Å². The predicted octanol–water partition coefficient (Wildman–Crippen LogP) is 4.11. The van der Waals surface area contributed by atoms with E-state index in [0.29, 0.717) is 17.1 Å². The van der Waals surface area contributed by atoms with E-state index >= 15 is 0 Å². The fourth-order valence-electron chi connectivity index (χ4n) is 2.96. The van der Waals surface area contributed by atoms with Crippen LogP contribution in [0.2, 0.25) is 0 Å². The maximum atomic E-state index is 12.3. The Morgan fingerprint density at radius 3 is 2.72 bits per heavy atom. The molecule has 3 rings (SSSR count). The molecule has 0 aliphatic carbocycles. The third-order valence-electron chi connectivity index (χ3n) is 4.32. The Labute approximate surface area is 174 Å². The molecule has 0 atom stereocenters. The second kappa shape index (κ2) is 9.43. The highest BCUT2D eigenvalue weighted by Crippen LogP contribution is 2.30.